The Labute approximate surface area is 154 Å². The monoisotopic (exact) mass is 356 g/mol. The number of imidazole rings is 1. The number of carbonyl (C=O) groups excluding carboxylic acids is 1. The number of amides is 1. The maximum atomic E-state index is 12.8. The van der Waals surface area contributed by atoms with Crippen molar-refractivity contribution in [3.63, 3.8) is 0 Å². The molecule has 2 aliphatic heterocycles. The van der Waals surface area contributed by atoms with Crippen LogP contribution in [0.25, 0.3) is 11.0 Å². The van der Waals surface area contributed by atoms with Crippen LogP contribution in [0.3, 0.4) is 0 Å². The van der Waals surface area contributed by atoms with Gasteiger partial charge in [-0.2, -0.15) is 0 Å². The number of nitrogens with zero attached hydrogens (tertiary/aromatic N) is 4. The van der Waals surface area contributed by atoms with Gasteiger partial charge >= 0.3 is 5.69 Å². The summed E-state index contributed by atoms with van der Waals surface area (Å²) in [4.78, 5) is 29.9. The molecule has 0 bridgehead atoms. The largest absolute Gasteiger partial charge is 0.341 e. The van der Waals surface area contributed by atoms with Crippen LogP contribution >= 0.6 is 0 Å². The van der Waals surface area contributed by atoms with Crippen LogP contribution in [-0.4, -0.2) is 57.1 Å². The number of carbonyl (C=O) groups is 1. The van der Waals surface area contributed by atoms with Gasteiger partial charge in [-0.3, -0.25) is 13.9 Å². The van der Waals surface area contributed by atoms with E-state index in [-0.39, 0.29) is 18.1 Å². The van der Waals surface area contributed by atoms with Crippen LogP contribution < -0.4 is 5.69 Å². The molecule has 1 aromatic heterocycles. The van der Waals surface area contributed by atoms with Crippen LogP contribution in [0.2, 0.25) is 0 Å². The zero-order valence-corrected chi connectivity index (χ0v) is 15.6. The molecule has 0 unspecified atom stereocenters. The standard InChI is InChI=1S/C20H28N4O2/c1-21-17-7-3-4-8-18(17)24(20(21)26)15-19(25)23-13-9-16(10-14-23)22-11-5-2-6-12-22/h3-4,7-8,16H,2,5-6,9-15H2,1H3. The van der Waals surface area contributed by atoms with Crippen LogP contribution in [0.4, 0.5) is 0 Å². The van der Waals surface area contributed by atoms with Crippen molar-refractivity contribution < 1.29 is 4.79 Å². The lowest BCUT2D eigenvalue weighted by molar-refractivity contribution is -0.133. The van der Waals surface area contributed by atoms with E-state index >= 15 is 0 Å². The van der Waals surface area contributed by atoms with Crippen LogP contribution in [-0.2, 0) is 18.4 Å². The van der Waals surface area contributed by atoms with E-state index in [9.17, 15) is 9.59 Å². The van der Waals surface area contributed by atoms with E-state index in [0.29, 0.717) is 6.04 Å². The minimum Gasteiger partial charge on any atom is -0.341 e. The number of hydrogen-bond donors (Lipinski definition) is 0. The molecule has 26 heavy (non-hydrogen) atoms. The average molecular weight is 356 g/mol. The van der Waals surface area contributed by atoms with Crippen molar-refractivity contribution in [2.24, 2.45) is 7.05 Å². The molecule has 0 radical (unpaired) electrons. The second kappa shape index (κ2) is 7.27. The van der Waals surface area contributed by atoms with E-state index in [4.69, 9.17) is 0 Å². The summed E-state index contributed by atoms with van der Waals surface area (Å²) in [6.07, 6.45) is 6.08. The molecule has 2 aromatic rings. The number of para-hydroxylation sites is 2. The van der Waals surface area contributed by atoms with E-state index in [1.165, 1.54) is 32.4 Å². The summed E-state index contributed by atoms with van der Waals surface area (Å²) in [6, 6.07) is 8.28. The van der Waals surface area contributed by atoms with Crippen molar-refractivity contribution in [3.8, 4) is 0 Å². The normalized spacial score (nSPS) is 20.0. The molecule has 2 fully saturated rings. The Kier molecular flexibility index (Phi) is 4.85. The number of fused-ring (bicyclic) bond motifs is 1. The van der Waals surface area contributed by atoms with E-state index in [1.807, 2.05) is 29.2 Å². The molecule has 0 spiro atoms. The lowest BCUT2D eigenvalue weighted by atomic mass is 10.00. The van der Waals surface area contributed by atoms with Gasteiger partial charge in [0.25, 0.3) is 0 Å². The number of hydrogen-bond acceptors (Lipinski definition) is 3. The smallest absolute Gasteiger partial charge is 0.329 e. The Morgan fingerprint density at radius 3 is 2.35 bits per heavy atom. The van der Waals surface area contributed by atoms with Crippen molar-refractivity contribution in [3.05, 3.63) is 34.7 Å². The Hall–Kier alpha value is -2.08. The van der Waals surface area contributed by atoms with Gasteiger partial charge in [0, 0.05) is 26.2 Å². The summed E-state index contributed by atoms with van der Waals surface area (Å²) in [5.74, 6) is 0.0561. The summed E-state index contributed by atoms with van der Waals surface area (Å²) >= 11 is 0. The molecule has 2 aliphatic rings. The molecule has 2 saturated heterocycles. The second-order valence-electron chi connectivity index (χ2n) is 7.63. The zero-order valence-electron chi connectivity index (χ0n) is 15.6. The topological polar surface area (TPSA) is 50.5 Å². The predicted molar refractivity (Wildman–Crippen MR) is 102 cm³/mol. The van der Waals surface area contributed by atoms with E-state index in [2.05, 4.69) is 4.90 Å². The fourth-order valence-electron chi connectivity index (χ4n) is 4.52. The summed E-state index contributed by atoms with van der Waals surface area (Å²) < 4.78 is 3.22. The number of likely N-dealkylation sites (tertiary alicyclic amines) is 2. The minimum atomic E-state index is -0.122. The first-order valence-electron chi connectivity index (χ1n) is 9.81. The van der Waals surface area contributed by atoms with Gasteiger partial charge in [0.15, 0.2) is 0 Å². The lowest BCUT2D eigenvalue weighted by Crippen LogP contribution is -2.49. The van der Waals surface area contributed by atoms with Crippen LogP contribution in [0, 0.1) is 0 Å². The third-order valence-corrected chi connectivity index (χ3v) is 6.07. The van der Waals surface area contributed by atoms with Crippen molar-refractivity contribution >= 4 is 16.9 Å². The van der Waals surface area contributed by atoms with E-state index < -0.39 is 0 Å². The minimum absolute atomic E-state index is 0.0561. The lowest BCUT2D eigenvalue weighted by Gasteiger charge is -2.40. The molecule has 0 saturated carbocycles. The summed E-state index contributed by atoms with van der Waals surface area (Å²) in [5.41, 5.74) is 1.58. The molecule has 0 atom stereocenters. The van der Waals surface area contributed by atoms with Crippen molar-refractivity contribution in [1.29, 1.82) is 0 Å². The summed E-state index contributed by atoms with van der Waals surface area (Å²) in [7, 11) is 1.76. The van der Waals surface area contributed by atoms with Gasteiger partial charge < -0.3 is 9.80 Å². The van der Waals surface area contributed by atoms with E-state index in [0.717, 1.165) is 37.0 Å². The highest BCUT2D eigenvalue weighted by molar-refractivity contribution is 5.81. The molecular weight excluding hydrogens is 328 g/mol. The first kappa shape index (κ1) is 17.3. The highest BCUT2D eigenvalue weighted by Crippen LogP contribution is 2.21. The van der Waals surface area contributed by atoms with Gasteiger partial charge in [-0.25, -0.2) is 4.79 Å². The van der Waals surface area contributed by atoms with Crippen molar-refractivity contribution in [1.82, 2.24) is 18.9 Å². The van der Waals surface area contributed by atoms with E-state index in [1.54, 1.807) is 16.2 Å². The number of piperidine rings is 2. The van der Waals surface area contributed by atoms with Crippen LogP contribution in [0.1, 0.15) is 32.1 Å². The highest BCUT2D eigenvalue weighted by atomic mass is 16.2. The third-order valence-electron chi connectivity index (χ3n) is 6.07. The molecule has 6 nitrogen and oxygen atoms in total. The molecule has 4 rings (SSSR count). The van der Waals surface area contributed by atoms with Gasteiger partial charge in [0.1, 0.15) is 6.54 Å². The maximum Gasteiger partial charge on any atom is 0.329 e. The number of benzene rings is 1. The number of aryl methyl sites for hydroxylation is 1. The van der Waals surface area contributed by atoms with Crippen molar-refractivity contribution in [2.75, 3.05) is 26.2 Å². The SMILES string of the molecule is Cn1c(=O)n(CC(=O)N2CCC(N3CCCCC3)CC2)c2ccccc21. The second-order valence-corrected chi connectivity index (χ2v) is 7.63. The van der Waals surface area contributed by atoms with Crippen LogP contribution in [0.5, 0.6) is 0 Å². The quantitative estimate of drug-likeness (QED) is 0.843. The molecule has 1 amide bonds. The average Bonchev–Trinajstić information content (AvgIpc) is 2.94. The molecule has 0 N–H and O–H groups in total. The Morgan fingerprint density at radius 1 is 1.00 bits per heavy atom. The van der Waals surface area contributed by atoms with Crippen LogP contribution in [0.15, 0.2) is 29.1 Å². The fourth-order valence-corrected chi connectivity index (χ4v) is 4.52. The number of aromatic nitrogens is 2. The molecular formula is C20H28N4O2. The summed E-state index contributed by atoms with van der Waals surface area (Å²) in [6.45, 7) is 4.17. The fraction of sp³-hybridized carbons (Fsp3) is 0.600. The van der Waals surface area contributed by atoms with Gasteiger partial charge in [-0.1, -0.05) is 18.6 Å². The Balaban J connectivity index is 1.42. The molecule has 0 aliphatic carbocycles. The molecule has 3 heterocycles. The van der Waals surface area contributed by atoms with Gasteiger partial charge in [0.2, 0.25) is 5.91 Å². The molecule has 1 aromatic carbocycles. The van der Waals surface area contributed by atoms with Gasteiger partial charge in [-0.05, 0) is 50.9 Å². The Bertz CT molecular complexity index is 839. The maximum absolute atomic E-state index is 12.8. The first-order valence-corrected chi connectivity index (χ1v) is 9.81. The van der Waals surface area contributed by atoms with Crippen molar-refractivity contribution in [2.45, 2.75) is 44.7 Å². The Morgan fingerprint density at radius 2 is 1.65 bits per heavy atom. The van der Waals surface area contributed by atoms with Gasteiger partial charge in [-0.15, -0.1) is 0 Å². The van der Waals surface area contributed by atoms with Gasteiger partial charge in [0.05, 0.1) is 11.0 Å². The number of rotatable bonds is 3. The third kappa shape index (κ3) is 3.18. The molecule has 140 valence electrons. The highest BCUT2D eigenvalue weighted by Gasteiger charge is 2.28. The molecule has 6 heteroatoms. The summed E-state index contributed by atoms with van der Waals surface area (Å²) in [5, 5.41) is 0. The predicted octanol–water partition coefficient (Wildman–Crippen LogP) is 1.82. The first-order chi connectivity index (χ1) is 12.6. The zero-order chi connectivity index (χ0) is 18.1.